The van der Waals surface area contributed by atoms with E-state index in [0.717, 1.165) is 12.8 Å². The van der Waals surface area contributed by atoms with Gasteiger partial charge in [0.2, 0.25) is 0 Å². The molecule has 138 valence electrons. The maximum atomic E-state index is 12.8. The second-order valence-corrected chi connectivity index (χ2v) is 7.29. The van der Waals surface area contributed by atoms with Gasteiger partial charge in [-0.05, 0) is 30.9 Å². The lowest BCUT2D eigenvalue weighted by Gasteiger charge is -2.07. The van der Waals surface area contributed by atoms with Gasteiger partial charge in [-0.3, -0.25) is 14.6 Å². The molecular weight excluding hydrogens is 391 g/mol. The van der Waals surface area contributed by atoms with Gasteiger partial charge in [0.15, 0.2) is 0 Å². The topological polar surface area (TPSA) is 90.9 Å². The molecule has 3 aromatic heterocycles. The third-order valence-electron chi connectivity index (χ3n) is 4.48. The Morgan fingerprint density at radius 1 is 1.30 bits per heavy atom. The van der Waals surface area contributed by atoms with Crippen molar-refractivity contribution in [3.8, 4) is 0 Å². The van der Waals surface area contributed by atoms with Gasteiger partial charge in [0.05, 0.1) is 39.4 Å². The number of nitrogens with zero attached hydrogens (tertiary/aromatic N) is 3. The smallest absolute Gasteiger partial charge is 0.297 e. The van der Waals surface area contributed by atoms with E-state index in [1.165, 1.54) is 18.6 Å². The number of rotatable bonds is 5. The predicted octanol–water partition coefficient (Wildman–Crippen LogP) is 3.21. The van der Waals surface area contributed by atoms with Gasteiger partial charge in [-0.1, -0.05) is 23.2 Å². The molecule has 27 heavy (non-hydrogen) atoms. The van der Waals surface area contributed by atoms with Gasteiger partial charge < -0.3 is 10.5 Å². The Labute approximate surface area is 164 Å². The van der Waals surface area contributed by atoms with Gasteiger partial charge in [-0.15, -0.1) is 0 Å². The van der Waals surface area contributed by atoms with Gasteiger partial charge in [-0.25, -0.2) is 9.30 Å². The van der Waals surface area contributed by atoms with Crippen LogP contribution >= 0.6 is 23.2 Å². The minimum absolute atomic E-state index is 0.118. The largest absolute Gasteiger partial charge is 0.711 e. The van der Waals surface area contributed by atoms with Crippen LogP contribution in [0.1, 0.15) is 23.2 Å². The summed E-state index contributed by atoms with van der Waals surface area (Å²) in [5.74, 6) is -1.17. The summed E-state index contributed by atoms with van der Waals surface area (Å²) in [6.07, 6.45) is 7.75. The van der Waals surface area contributed by atoms with Crippen LogP contribution in [0.3, 0.4) is 0 Å². The molecule has 9 heteroatoms. The number of hydrogen-bond donors (Lipinski definition) is 1. The number of carbonyl (C=O) groups is 2. The van der Waals surface area contributed by atoms with Crippen LogP contribution in [-0.2, 0) is 11.3 Å². The summed E-state index contributed by atoms with van der Waals surface area (Å²) in [5, 5.41) is 15.3. The summed E-state index contributed by atoms with van der Waals surface area (Å²) >= 11 is 12.0. The molecule has 1 saturated carbocycles. The number of anilines is 1. The lowest BCUT2D eigenvalue weighted by molar-refractivity contribution is -0.580. The normalized spacial score (nSPS) is 13.7. The zero-order chi connectivity index (χ0) is 19.1. The second kappa shape index (κ2) is 6.83. The molecule has 1 aliphatic carbocycles. The van der Waals surface area contributed by atoms with Crippen LogP contribution in [0.15, 0.2) is 36.9 Å². The average molecular weight is 405 g/mol. The second-order valence-electron chi connectivity index (χ2n) is 6.47. The number of hydrogen-bond acceptors (Lipinski definition) is 4. The summed E-state index contributed by atoms with van der Waals surface area (Å²) in [6, 6.07) is 3.20. The van der Waals surface area contributed by atoms with Crippen molar-refractivity contribution in [2.45, 2.75) is 19.4 Å². The summed E-state index contributed by atoms with van der Waals surface area (Å²) in [4.78, 5) is 29.1. The molecule has 0 aromatic carbocycles. The van der Waals surface area contributed by atoms with Crippen molar-refractivity contribution in [1.29, 1.82) is 0 Å². The van der Waals surface area contributed by atoms with Crippen molar-refractivity contribution in [3.05, 3.63) is 57.7 Å². The molecule has 0 atom stereocenters. The lowest BCUT2D eigenvalue weighted by atomic mass is 10.1. The number of ketones is 1. The molecule has 3 heterocycles. The monoisotopic (exact) mass is 404 g/mol. The molecule has 3 aromatic rings. The van der Waals surface area contributed by atoms with Crippen LogP contribution in [-0.4, -0.2) is 21.2 Å². The van der Waals surface area contributed by atoms with Crippen molar-refractivity contribution in [2.75, 3.05) is 5.32 Å². The molecule has 1 fully saturated rings. The highest BCUT2D eigenvalue weighted by atomic mass is 35.5. The maximum absolute atomic E-state index is 12.8. The summed E-state index contributed by atoms with van der Waals surface area (Å²) in [5.41, 5.74) is 0.641. The lowest BCUT2D eigenvalue weighted by Crippen LogP contribution is -2.28. The van der Waals surface area contributed by atoms with Gasteiger partial charge in [-0.2, -0.15) is 0 Å². The van der Waals surface area contributed by atoms with Crippen LogP contribution in [0.25, 0.3) is 11.0 Å². The molecule has 1 amide bonds. The molecule has 0 aliphatic heterocycles. The number of halogens is 2. The van der Waals surface area contributed by atoms with E-state index in [1.54, 1.807) is 22.9 Å². The van der Waals surface area contributed by atoms with Gasteiger partial charge in [0.25, 0.3) is 17.3 Å². The summed E-state index contributed by atoms with van der Waals surface area (Å²) in [7, 11) is 0. The number of pyridine rings is 2. The highest BCUT2D eigenvalue weighted by molar-refractivity contribution is 6.50. The van der Waals surface area contributed by atoms with E-state index in [0.29, 0.717) is 28.2 Å². The van der Waals surface area contributed by atoms with E-state index >= 15 is 0 Å². The first kappa shape index (κ1) is 17.8. The van der Waals surface area contributed by atoms with Crippen LogP contribution in [0, 0.1) is 11.1 Å². The van der Waals surface area contributed by atoms with E-state index in [4.69, 9.17) is 23.2 Å². The van der Waals surface area contributed by atoms with E-state index in [-0.39, 0.29) is 21.3 Å². The number of fused-ring (bicyclic) bond motifs is 1. The minimum atomic E-state index is -0.892. The van der Waals surface area contributed by atoms with Crippen LogP contribution in [0.4, 0.5) is 5.69 Å². The Kier molecular flexibility index (Phi) is 4.49. The fourth-order valence-electron chi connectivity index (χ4n) is 2.98. The quantitative estimate of drug-likeness (QED) is 0.306. The molecule has 1 aliphatic rings. The minimum Gasteiger partial charge on any atom is -0.711 e. The number of aromatic nitrogens is 3. The summed E-state index contributed by atoms with van der Waals surface area (Å²) < 4.78 is 2.45. The van der Waals surface area contributed by atoms with Crippen LogP contribution in [0.2, 0.25) is 10.0 Å². The Balaban J connectivity index is 1.70. The van der Waals surface area contributed by atoms with Crippen molar-refractivity contribution in [2.24, 2.45) is 5.92 Å². The van der Waals surface area contributed by atoms with E-state index < -0.39 is 11.7 Å². The van der Waals surface area contributed by atoms with Gasteiger partial charge in [0.1, 0.15) is 6.20 Å². The fraction of sp³-hybridized carbons (Fsp3) is 0.222. The third kappa shape index (κ3) is 3.36. The predicted molar refractivity (Wildman–Crippen MR) is 101 cm³/mol. The first-order valence-electron chi connectivity index (χ1n) is 8.31. The van der Waals surface area contributed by atoms with Crippen molar-refractivity contribution < 1.29 is 14.3 Å². The number of nitrogens with one attached hydrogen (secondary N) is 1. The highest BCUT2D eigenvalue weighted by Gasteiger charge is 2.30. The van der Waals surface area contributed by atoms with Gasteiger partial charge in [0, 0.05) is 12.4 Å². The first-order chi connectivity index (χ1) is 13.0. The molecule has 4 rings (SSSR count). The maximum Gasteiger partial charge on any atom is 0.297 e. The molecule has 0 bridgehead atoms. The van der Waals surface area contributed by atoms with Crippen molar-refractivity contribution in [3.63, 3.8) is 0 Å². The standard InChI is InChI=1S/C18H14Cl2N4O3/c19-13-6-21-7-14(20)15(13)22-17(26)16(25)12-9-23(8-10-3-4-10)18-11(12)2-1-5-24(18)27/h1-2,5-7,9-10H,3-4,8H2,(H,21,22,26). The average Bonchev–Trinajstić information content (AvgIpc) is 3.37. The van der Waals surface area contributed by atoms with Crippen LogP contribution in [0.5, 0.6) is 0 Å². The van der Waals surface area contributed by atoms with E-state index in [2.05, 4.69) is 10.3 Å². The number of carbonyl (C=O) groups excluding carboxylic acids is 2. The van der Waals surface area contributed by atoms with Crippen molar-refractivity contribution >= 4 is 51.6 Å². The molecule has 7 nitrogen and oxygen atoms in total. The SMILES string of the molecule is O=C(Nc1c(Cl)cncc1Cl)C(=O)c1cn(CC2CC2)c2c1ccc[n+]2[O-]. The molecule has 0 saturated heterocycles. The first-order valence-corrected chi connectivity index (χ1v) is 9.07. The Bertz CT molecular complexity index is 1060. The molecule has 0 unspecified atom stereocenters. The Hall–Kier alpha value is -2.64. The van der Waals surface area contributed by atoms with E-state index in [9.17, 15) is 14.8 Å². The Morgan fingerprint density at radius 3 is 2.67 bits per heavy atom. The van der Waals surface area contributed by atoms with Gasteiger partial charge >= 0.3 is 0 Å². The zero-order valence-corrected chi connectivity index (χ0v) is 15.5. The Morgan fingerprint density at radius 2 is 2.00 bits per heavy atom. The summed E-state index contributed by atoms with van der Waals surface area (Å²) in [6.45, 7) is 0.639. The number of Topliss-reactive ketones (excluding diaryl/α,β-unsaturated/α-hetero) is 1. The third-order valence-corrected chi connectivity index (χ3v) is 5.05. The molecular formula is C18H14Cl2N4O3. The fourth-order valence-corrected chi connectivity index (χ4v) is 3.44. The molecule has 0 spiro atoms. The zero-order valence-electron chi connectivity index (χ0n) is 14.0. The van der Waals surface area contributed by atoms with Crippen LogP contribution < -0.4 is 10.0 Å². The number of amides is 1. The molecule has 1 N–H and O–H groups in total. The highest BCUT2D eigenvalue weighted by Crippen LogP contribution is 2.33. The molecule has 0 radical (unpaired) electrons. The van der Waals surface area contributed by atoms with Crippen molar-refractivity contribution in [1.82, 2.24) is 9.55 Å². The van der Waals surface area contributed by atoms with E-state index in [1.807, 2.05) is 0 Å².